The first kappa shape index (κ1) is 22.3. The van der Waals surface area contributed by atoms with Crippen molar-refractivity contribution in [2.45, 2.75) is 77.3 Å². The number of ether oxygens (including phenoxy) is 1. The molecule has 176 valence electrons. The van der Waals surface area contributed by atoms with Crippen LogP contribution in [0.4, 0.5) is 0 Å². The monoisotopic (exact) mass is 448 g/mol. The van der Waals surface area contributed by atoms with E-state index in [0.717, 1.165) is 75.6 Å². The molecule has 1 aromatic heterocycles. The average Bonchev–Trinajstić information content (AvgIpc) is 3.32. The fraction of sp³-hybridized carbons (Fsp3) is 0.593. The molecule has 3 aliphatic rings. The van der Waals surface area contributed by atoms with E-state index in [2.05, 4.69) is 17.0 Å². The summed E-state index contributed by atoms with van der Waals surface area (Å²) in [5, 5.41) is 0. The quantitative estimate of drug-likeness (QED) is 0.667. The van der Waals surface area contributed by atoms with Crippen molar-refractivity contribution in [1.29, 1.82) is 0 Å². The highest BCUT2D eigenvalue weighted by Gasteiger charge is 2.30. The zero-order valence-corrected chi connectivity index (χ0v) is 20.1. The average molecular weight is 449 g/mol. The normalized spacial score (nSPS) is 21.2. The van der Waals surface area contributed by atoms with Crippen molar-refractivity contribution in [1.82, 2.24) is 19.8 Å². The van der Waals surface area contributed by atoms with Crippen molar-refractivity contribution in [3.05, 3.63) is 52.1 Å². The summed E-state index contributed by atoms with van der Waals surface area (Å²) in [4.78, 5) is 27.0. The van der Waals surface area contributed by atoms with E-state index in [1.54, 1.807) is 13.3 Å². The van der Waals surface area contributed by atoms with Crippen molar-refractivity contribution in [3.63, 3.8) is 0 Å². The summed E-state index contributed by atoms with van der Waals surface area (Å²) in [7, 11) is 1.78. The number of aryl methyl sites for hydroxylation is 3. The summed E-state index contributed by atoms with van der Waals surface area (Å²) >= 11 is 0. The minimum atomic E-state index is 0.0841. The molecule has 6 nitrogen and oxygen atoms in total. The molecule has 6 heteroatoms. The smallest absolute Gasteiger partial charge is 0.257 e. The summed E-state index contributed by atoms with van der Waals surface area (Å²) in [5.74, 6) is 1.93. The van der Waals surface area contributed by atoms with E-state index in [-0.39, 0.29) is 11.9 Å². The van der Waals surface area contributed by atoms with Crippen LogP contribution in [-0.2, 0) is 19.4 Å². The number of aromatic nitrogens is 2. The fourth-order valence-electron chi connectivity index (χ4n) is 5.78. The summed E-state index contributed by atoms with van der Waals surface area (Å²) in [5.41, 5.74) is 5.65. The van der Waals surface area contributed by atoms with E-state index in [4.69, 9.17) is 14.7 Å². The van der Waals surface area contributed by atoms with Crippen LogP contribution in [0.1, 0.15) is 89.6 Å². The number of hydrogen-bond acceptors (Lipinski definition) is 5. The molecule has 1 aromatic carbocycles. The van der Waals surface area contributed by atoms with Gasteiger partial charge < -0.3 is 9.64 Å². The molecular weight excluding hydrogens is 412 g/mol. The van der Waals surface area contributed by atoms with Crippen LogP contribution in [0.2, 0.25) is 0 Å². The van der Waals surface area contributed by atoms with Crippen LogP contribution in [0.5, 0.6) is 5.75 Å². The van der Waals surface area contributed by atoms with Crippen LogP contribution >= 0.6 is 0 Å². The van der Waals surface area contributed by atoms with Crippen LogP contribution in [0.3, 0.4) is 0 Å². The van der Waals surface area contributed by atoms with Gasteiger partial charge in [0.25, 0.3) is 5.91 Å². The van der Waals surface area contributed by atoms with Crippen molar-refractivity contribution in [2.24, 2.45) is 0 Å². The molecule has 0 bridgehead atoms. The summed E-state index contributed by atoms with van der Waals surface area (Å²) in [6.07, 6.45) is 12.2. The van der Waals surface area contributed by atoms with Crippen molar-refractivity contribution in [3.8, 4) is 5.75 Å². The zero-order valence-electron chi connectivity index (χ0n) is 20.1. The lowest BCUT2D eigenvalue weighted by Crippen LogP contribution is -2.36. The first-order chi connectivity index (χ1) is 16.1. The van der Waals surface area contributed by atoms with Gasteiger partial charge in [-0.1, -0.05) is 6.07 Å². The molecule has 33 heavy (non-hydrogen) atoms. The topological polar surface area (TPSA) is 58.6 Å². The van der Waals surface area contributed by atoms with Crippen LogP contribution in [-0.4, -0.2) is 52.4 Å². The Morgan fingerprint density at radius 2 is 1.79 bits per heavy atom. The molecule has 0 N–H and O–H groups in total. The molecule has 2 aliphatic heterocycles. The summed E-state index contributed by atoms with van der Waals surface area (Å²) in [6.45, 7) is 5.52. The molecule has 5 rings (SSSR count). The molecule has 2 saturated heterocycles. The van der Waals surface area contributed by atoms with Crippen LogP contribution in [0, 0.1) is 6.92 Å². The highest BCUT2D eigenvalue weighted by atomic mass is 16.5. The van der Waals surface area contributed by atoms with E-state index in [0.29, 0.717) is 5.56 Å². The first-order valence-corrected chi connectivity index (χ1v) is 12.7. The SMILES string of the molecule is COc1cc2c(cc1CN1CCCC1c1ncc(C(=O)N3CCCCC3)c(C)n1)CCCC2. The Labute approximate surface area is 197 Å². The summed E-state index contributed by atoms with van der Waals surface area (Å²) in [6, 6.07) is 4.81. The highest BCUT2D eigenvalue weighted by molar-refractivity contribution is 5.95. The largest absolute Gasteiger partial charge is 0.496 e. The number of fused-ring (bicyclic) bond motifs is 1. The third-order valence-electron chi connectivity index (χ3n) is 7.65. The Morgan fingerprint density at radius 1 is 1.03 bits per heavy atom. The number of methoxy groups -OCH3 is 1. The van der Waals surface area contributed by atoms with Crippen molar-refractivity contribution < 1.29 is 9.53 Å². The summed E-state index contributed by atoms with van der Waals surface area (Å²) < 4.78 is 5.78. The Balaban J connectivity index is 1.35. The fourth-order valence-corrected chi connectivity index (χ4v) is 5.78. The lowest BCUT2D eigenvalue weighted by molar-refractivity contribution is 0.0722. The van der Waals surface area contributed by atoms with E-state index in [1.807, 2.05) is 11.8 Å². The molecule has 2 aromatic rings. The maximum Gasteiger partial charge on any atom is 0.257 e. The number of benzene rings is 1. The van der Waals surface area contributed by atoms with E-state index < -0.39 is 0 Å². The second kappa shape index (κ2) is 9.80. The zero-order chi connectivity index (χ0) is 22.8. The number of rotatable bonds is 5. The lowest BCUT2D eigenvalue weighted by Gasteiger charge is -2.28. The van der Waals surface area contributed by atoms with Gasteiger partial charge in [0.15, 0.2) is 0 Å². The van der Waals surface area contributed by atoms with Gasteiger partial charge in [-0.2, -0.15) is 0 Å². The third-order valence-corrected chi connectivity index (χ3v) is 7.65. The minimum absolute atomic E-state index is 0.0841. The van der Waals surface area contributed by atoms with Crippen LogP contribution < -0.4 is 4.74 Å². The lowest BCUT2D eigenvalue weighted by atomic mass is 9.90. The molecular formula is C27H36N4O2. The molecule has 3 heterocycles. The van der Waals surface area contributed by atoms with Gasteiger partial charge in [-0.3, -0.25) is 9.69 Å². The first-order valence-electron chi connectivity index (χ1n) is 12.7. The predicted octanol–water partition coefficient (Wildman–Crippen LogP) is 4.64. The second-order valence-corrected chi connectivity index (χ2v) is 9.85. The number of amides is 1. The van der Waals surface area contributed by atoms with Gasteiger partial charge in [0, 0.05) is 31.4 Å². The van der Waals surface area contributed by atoms with Crippen LogP contribution in [0.15, 0.2) is 18.3 Å². The van der Waals surface area contributed by atoms with Gasteiger partial charge in [-0.25, -0.2) is 9.97 Å². The third kappa shape index (κ3) is 4.63. The maximum atomic E-state index is 13.0. The van der Waals surface area contributed by atoms with Crippen molar-refractivity contribution >= 4 is 5.91 Å². The number of piperidine rings is 1. The molecule has 1 atom stereocenters. The van der Waals surface area contributed by atoms with Gasteiger partial charge in [0.05, 0.1) is 24.4 Å². The van der Waals surface area contributed by atoms with Gasteiger partial charge >= 0.3 is 0 Å². The van der Waals surface area contributed by atoms with E-state index >= 15 is 0 Å². The van der Waals surface area contributed by atoms with Gasteiger partial charge in [-0.05, 0) is 88.4 Å². The standard InChI is InChI=1S/C27H36N4O2/c1-19-23(27(32)30-12-6-3-7-13-30)17-28-26(29-19)24-11-8-14-31(24)18-22-15-20-9-4-5-10-21(20)16-25(22)33-2/h15-17,24H,3-14,18H2,1-2H3. The Morgan fingerprint density at radius 3 is 2.52 bits per heavy atom. The highest BCUT2D eigenvalue weighted by Crippen LogP contribution is 2.35. The van der Waals surface area contributed by atoms with E-state index in [9.17, 15) is 4.79 Å². The molecule has 0 spiro atoms. The molecule has 1 unspecified atom stereocenters. The van der Waals surface area contributed by atoms with E-state index in [1.165, 1.54) is 42.4 Å². The maximum absolute atomic E-state index is 13.0. The Bertz CT molecular complexity index is 1020. The number of carbonyl (C=O) groups excluding carboxylic acids is 1. The number of hydrogen-bond donors (Lipinski definition) is 0. The van der Waals surface area contributed by atoms with Crippen molar-refractivity contribution in [2.75, 3.05) is 26.7 Å². The van der Waals surface area contributed by atoms with Gasteiger partial charge in [0.1, 0.15) is 11.6 Å². The Hall–Kier alpha value is -2.47. The van der Waals surface area contributed by atoms with Gasteiger partial charge in [-0.15, -0.1) is 0 Å². The molecule has 0 saturated carbocycles. The predicted molar refractivity (Wildman–Crippen MR) is 129 cm³/mol. The molecule has 1 amide bonds. The second-order valence-electron chi connectivity index (χ2n) is 9.85. The molecule has 2 fully saturated rings. The number of likely N-dealkylation sites (tertiary alicyclic amines) is 2. The minimum Gasteiger partial charge on any atom is -0.496 e. The van der Waals surface area contributed by atoms with Gasteiger partial charge in [0.2, 0.25) is 0 Å². The molecule has 0 radical (unpaired) electrons. The number of nitrogens with zero attached hydrogens (tertiary/aromatic N) is 4. The molecule has 1 aliphatic carbocycles. The van der Waals surface area contributed by atoms with Crippen LogP contribution in [0.25, 0.3) is 0 Å². The Kier molecular flexibility index (Phi) is 6.63. The number of carbonyl (C=O) groups is 1.